The summed E-state index contributed by atoms with van der Waals surface area (Å²) in [6, 6.07) is 7.40. The molecule has 6 heteroatoms. The molecular formula is C22H33N3O2S. The van der Waals surface area contributed by atoms with Gasteiger partial charge in [0, 0.05) is 6.54 Å². The van der Waals surface area contributed by atoms with Crippen LogP contribution in [0.5, 0.6) is 0 Å². The van der Waals surface area contributed by atoms with Crippen LogP contribution in [0, 0.1) is 12.3 Å². The summed E-state index contributed by atoms with van der Waals surface area (Å²) in [5.74, 6) is 0.653. The second-order valence-corrected chi connectivity index (χ2v) is 11.8. The molecule has 1 spiro atoms. The van der Waals surface area contributed by atoms with Gasteiger partial charge in [0.05, 0.1) is 23.0 Å². The first-order valence-electron chi connectivity index (χ1n) is 10.6. The Kier molecular flexibility index (Phi) is 4.76. The molecule has 0 aromatic heterocycles. The molecule has 2 heterocycles. The SMILES string of the molecule is Cc1ccc(S(=O)(=O)N2CC3CC4(CCCCC4)CN3C2=NC(C)(C)C)cc1. The molecule has 0 radical (unpaired) electrons. The maximum atomic E-state index is 13.5. The van der Waals surface area contributed by atoms with Crippen LogP contribution in [0.4, 0.5) is 0 Å². The molecule has 0 amide bonds. The van der Waals surface area contributed by atoms with E-state index in [1.807, 2.05) is 39.8 Å². The monoisotopic (exact) mass is 403 g/mol. The van der Waals surface area contributed by atoms with Gasteiger partial charge in [-0.1, -0.05) is 37.0 Å². The van der Waals surface area contributed by atoms with Crippen LogP contribution in [0.15, 0.2) is 34.2 Å². The van der Waals surface area contributed by atoms with Crippen LogP contribution in [0.3, 0.4) is 0 Å². The molecule has 1 atom stereocenters. The molecule has 1 saturated carbocycles. The van der Waals surface area contributed by atoms with Gasteiger partial charge in [-0.2, -0.15) is 0 Å². The van der Waals surface area contributed by atoms with Crippen LogP contribution < -0.4 is 0 Å². The van der Waals surface area contributed by atoms with Crippen molar-refractivity contribution in [1.82, 2.24) is 9.21 Å². The van der Waals surface area contributed by atoms with E-state index >= 15 is 0 Å². The molecular weight excluding hydrogens is 370 g/mol. The van der Waals surface area contributed by atoms with E-state index < -0.39 is 10.0 Å². The van der Waals surface area contributed by atoms with Crippen LogP contribution in [-0.2, 0) is 10.0 Å². The van der Waals surface area contributed by atoms with Gasteiger partial charge < -0.3 is 4.90 Å². The molecule has 3 aliphatic rings. The predicted molar refractivity (Wildman–Crippen MR) is 113 cm³/mol. The predicted octanol–water partition coefficient (Wildman–Crippen LogP) is 4.18. The van der Waals surface area contributed by atoms with Crippen molar-refractivity contribution in [2.24, 2.45) is 10.4 Å². The van der Waals surface area contributed by atoms with Gasteiger partial charge in [-0.05, 0) is 64.5 Å². The third-order valence-electron chi connectivity index (χ3n) is 6.43. The number of fused-ring (bicyclic) bond motifs is 1. The van der Waals surface area contributed by atoms with Crippen molar-refractivity contribution in [3.63, 3.8) is 0 Å². The number of aliphatic imine (C=N–C) groups is 1. The second kappa shape index (κ2) is 6.75. The quantitative estimate of drug-likeness (QED) is 0.744. The molecule has 5 nitrogen and oxygen atoms in total. The number of benzene rings is 1. The van der Waals surface area contributed by atoms with E-state index in [1.165, 1.54) is 32.1 Å². The summed E-state index contributed by atoms with van der Waals surface area (Å²) in [6.07, 6.45) is 7.58. The van der Waals surface area contributed by atoms with Gasteiger partial charge in [0.25, 0.3) is 10.0 Å². The zero-order valence-electron chi connectivity index (χ0n) is 17.6. The number of sulfonamides is 1. The maximum Gasteiger partial charge on any atom is 0.266 e. The van der Waals surface area contributed by atoms with Crippen molar-refractivity contribution in [3.8, 4) is 0 Å². The number of hydrogen-bond acceptors (Lipinski definition) is 3. The Morgan fingerprint density at radius 2 is 1.71 bits per heavy atom. The molecule has 1 aliphatic carbocycles. The summed E-state index contributed by atoms with van der Waals surface area (Å²) in [5.41, 5.74) is 1.10. The Balaban J connectivity index is 1.69. The number of rotatable bonds is 2. The fourth-order valence-corrected chi connectivity index (χ4v) is 6.57. The van der Waals surface area contributed by atoms with E-state index in [2.05, 4.69) is 4.90 Å². The molecule has 3 fully saturated rings. The molecule has 4 rings (SSSR count). The van der Waals surface area contributed by atoms with E-state index in [9.17, 15) is 8.42 Å². The first kappa shape index (κ1) is 19.7. The van der Waals surface area contributed by atoms with Crippen molar-refractivity contribution in [2.75, 3.05) is 13.1 Å². The third-order valence-corrected chi connectivity index (χ3v) is 8.19. The summed E-state index contributed by atoms with van der Waals surface area (Å²) in [5, 5.41) is 0. The van der Waals surface area contributed by atoms with Crippen LogP contribution in [-0.4, -0.2) is 48.3 Å². The zero-order chi connectivity index (χ0) is 20.2. The van der Waals surface area contributed by atoms with Gasteiger partial charge in [0.15, 0.2) is 0 Å². The van der Waals surface area contributed by atoms with Gasteiger partial charge in [-0.25, -0.2) is 17.7 Å². The van der Waals surface area contributed by atoms with E-state index in [1.54, 1.807) is 16.4 Å². The first-order valence-corrected chi connectivity index (χ1v) is 12.0. The largest absolute Gasteiger partial charge is 0.337 e. The highest BCUT2D eigenvalue weighted by Gasteiger charge is 2.53. The van der Waals surface area contributed by atoms with E-state index in [0.29, 0.717) is 22.8 Å². The van der Waals surface area contributed by atoms with E-state index in [0.717, 1.165) is 18.5 Å². The number of hydrogen-bond donors (Lipinski definition) is 0. The molecule has 0 N–H and O–H groups in total. The number of aryl methyl sites for hydroxylation is 1. The minimum absolute atomic E-state index is 0.249. The van der Waals surface area contributed by atoms with Crippen LogP contribution in [0.1, 0.15) is 64.9 Å². The van der Waals surface area contributed by atoms with Gasteiger partial charge in [-0.15, -0.1) is 0 Å². The number of guanidine groups is 1. The Bertz CT molecular complexity index is 862. The van der Waals surface area contributed by atoms with E-state index in [4.69, 9.17) is 4.99 Å². The molecule has 28 heavy (non-hydrogen) atoms. The van der Waals surface area contributed by atoms with Crippen molar-refractivity contribution in [2.45, 2.75) is 82.7 Å². The Hall–Kier alpha value is -1.56. The topological polar surface area (TPSA) is 53.0 Å². The average Bonchev–Trinajstić information content (AvgIpc) is 3.10. The molecule has 1 unspecified atom stereocenters. The summed E-state index contributed by atoms with van der Waals surface area (Å²) in [7, 11) is -3.60. The standard InChI is InChI=1S/C22H33N3O2S/c1-17-8-10-19(11-9-17)28(26,27)25-15-18-14-22(12-6-5-7-13-22)16-24(18)20(25)23-21(2,3)4/h8-11,18H,5-7,12-16H2,1-4H3. The first-order chi connectivity index (χ1) is 13.1. The maximum absolute atomic E-state index is 13.5. The Morgan fingerprint density at radius 3 is 2.32 bits per heavy atom. The highest BCUT2D eigenvalue weighted by Crippen LogP contribution is 2.49. The summed E-state index contributed by atoms with van der Waals surface area (Å²) in [6.45, 7) is 9.56. The lowest BCUT2D eigenvalue weighted by Gasteiger charge is -2.35. The van der Waals surface area contributed by atoms with Gasteiger partial charge >= 0.3 is 0 Å². The highest BCUT2D eigenvalue weighted by atomic mass is 32.2. The Labute approximate surface area is 169 Å². The summed E-state index contributed by atoms with van der Waals surface area (Å²) >= 11 is 0. The molecule has 0 bridgehead atoms. The minimum atomic E-state index is -3.60. The molecule has 2 saturated heterocycles. The van der Waals surface area contributed by atoms with E-state index in [-0.39, 0.29) is 11.6 Å². The average molecular weight is 404 g/mol. The molecule has 1 aromatic carbocycles. The fourth-order valence-electron chi connectivity index (χ4n) is 5.11. The fraction of sp³-hybridized carbons (Fsp3) is 0.682. The lowest BCUT2D eigenvalue weighted by molar-refractivity contribution is 0.200. The summed E-state index contributed by atoms with van der Waals surface area (Å²) in [4.78, 5) is 7.57. The molecule has 154 valence electrons. The number of nitrogens with zero attached hydrogens (tertiary/aromatic N) is 3. The third kappa shape index (κ3) is 3.56. The van der Waals surface area contributed by atoms with Crippen molar-refractivity contribution in [1.29, 1.82) is 0 Å². The molecule has 1 aromatic rings. The van der Waals surface area contributed by atoms with Crippen LogP contribution >= 0.6 is 0 Å². The van der Waals surface area contributed by atoms with Crippen molar-refractivity contribution >= 4 is 16.0 Å². The van der Waals surface area contributed by atoms with Gasteiger partial charge in [0.1, 0.15) is 0 Å². The highest BCUT2D eigenvalue weighted by molar-refractivity contribution is 7.89. The molecule has 2 aliphatic heterocycles. The van der Waals surface area contributed by atoms with Crippen LogP contribution in [0.25, 0.3) is 0 Å². The van der Waals surface area contributed by atoms with Gasteiger partial charge in [0.2, 0.25) is 5.96 Å². The van der Waals surface area contributed by atoms with Crippen LogP contribution in [0.2, 0.25) is 0 Å². The lowest BCUT2D eigenvalue weighted by atomic mass is 9.72. The Morgan fingerprint density at radius 1 is 1.07 bits per heavy atom. The lowest BCUT2D eigenvalue weighted by Crippen LogP contribution is -2.42. The van der Waals surface area contributed by atoms with Gasteiger partial charge in [-0.3, -0.25) is 0 Å². The minimum Gasteiger partial charge on any atom is -0.337 e. The summed E-state index contributed by atoms with van der Waals surface area (Å²) < 4.78 is 28.5. The smallest absolute Gasteiger partial charge is 0.266 e. The van der Waals surface area contributed by atoms with Crippen molar-refractivity contribution < 1.29 is 8.42 Å². The normalized spacial score (nSPS) is 26.3. The zero-order valence-corrected chi connectivity index (χ0v) is 18.4. The second-order valence-electron chi connectivity index (χ2n) is 9.98. The van der Waals surface area contributed by atoms with Crippen molar-refractivity contribution in [3.05, 3.63) is 29.8 Å².